The summed E-state index contributed by atoms with van der Waals surface area (Å²) in [6.07, 6.45) is 0. The smallest absolute Gasteiger partial charge is 0.358 e. The number of rotatable bonds is 7. The van der Waals surface area contributed by atoms with Crippen LogP contribution >= 0.6 is 0 Å². The average Bonchev–Trinajstić information content (AvgIpc) is 3.43. The number of aromatic nitrogens is 2. The number of esters is 1. The summed E-state index contributed by atoms with van der Waals surface area (Å²) in [5.74, 6) is 0.332. The van der Waals surface area contributed by atoms with Gasteiger partial charge in [-0.1, -0.05) is 30.3 Å². The van der Waals surface area contributed by atoms with Crippen LogP contribution in [0, 0.1) is 6.92 Å². The SMILES string of the molecule is CCOC(=O)c1cc(-c2ccc(N3CCN(C(=O)c4ccc(OC)cc4)CC3)cc2)n(-c2ccccc2C)n1. The van der Waals surface area contributed by atoms with Crippen molar-refractivity contribution >= 4 is 17.6 Å². The van der Waals surface area contributed by atoms with Gasteiger partial charge < -0.3 is 19.3 Å². The molecule has 1 amide bonds. The van der Waals surface area contributed by atoms with Gasteiger partial charge in [0, 0.05) is 43.0 Å². The Kier molecular flexibility index (Phi) is 7.63. The summed E-state index contributed by atoms with van der Waals surface area (Å²) in [6.45, 7) is 6.88. The van der Waals surface area contributed by atoms with E-state index in [9.17, 15) is 9.59 Å². The van der Waals surface area contributed by atoms with Crippen molar-refractivity contribution in [2.45, 2.75) is 13.8 Å². The molecule has 0 aliphatic carbocycles. The number of nitrogens with zero attached hydrogens (tertiary/aromatic N) is 4. The van der Waals surface area contributed by atoms with Gasteiger partial charge in [-0.2, -0.15) is 5.10 Å². The standard InChI is InChI=1S/C31H32N4O4/c1-4-39-31(37)27-21-29(35(32-27)28-8-6-5-7-22(28)2)23-9-13-25(14-10-23)33-17-19-34(20-18-33)30(36)24-11-15-26(38-3)16-12-24/h5-16,21H,4,17-20H2,1-3H3. The molecular weight excluding hydrogens is 492 g/mol. The fraction of sp³-hybridized carbons (Fsp3) is 0.258. The lowest BCUT2D eigenvalue weighted by Crippen LogP contribution is -2.48. The molecular formula is C31H32N4O4. The molecule has 0 bridgehead atoms. The second-order valence-electron chi connectivity index (χ2n) is 9.39. The van der Waals surface area contributed by atoms with E-state index in [1.165, 1.54) is 0 Å². The Morgan fingerprint density at radius 2 is 1.59 bits per heavy atom. The zero-order valence-electron chi connectivity index (χ0n) is 22.5. The van der Waals surface area contributed by atoms with E-state index in [-0.39, 0.29) is 11.6 Å². The minimum atomic E-state index is -0.440. The highest BCUT2D eigenvalue weighted by molar-refractivity contribution is 5.94. The lowest BCUT2D eigenvalue weighted by Gasteiger charge is -2.36. The third-order valence-corrected chi connectivity index (χ3v) is 6.97. The van der Waals surface area contributed by atoms with Crippen LogP contribution in [-0.2, 0) is 4.74 Å². The van der Waals surface area contributed by atoms with E-state index in [1.54, 1.807) is 36.9 Å². The molecule has 8 heteroatoms. The van der Waals surface area contributed by atoms with Crippen LogP contribution in [0.3, 0.4) is 0 Å². The van der Waals surface area contributed by atoms with E-state index in [2.05, 4.69) is 22.1 Å². The Hall–Kier alpha value is -4.59. The van der Waals surface area contributed by atoms with E-state index < -0.39 is 5.97 Å². The number of piperazine rings is 1. The van der Waals surface area contributed by atoms with Gasteiger partial charge in [-0.15, -0.1) is 0 Å². The summed E-state index contributed by atoms with van der Waals surface area (Å²) in [6, 6.07) is 25.2. The Labute approximate surface area is 228 Å². The highest BCUT2D eigenvalue weighted by Gasteiger charge is 2.23. The molecule has 8 nitrogen and oxygen atoms in total. The number of aryl methyl sites for hydroxylation is 1. The van der Waals surface area contributed by atoms with Crippen molar-refractivity contribution < 1.29 is 19.1 Å². The summed E-state index contributed by atoms with van der Waals surface area (Å²) in [7, 11) is 1.61. The van der Waals surface area contributed by atoms with Gasteiger partial charge in [-0.25, -0.2) is 9.48 Å². The number of anilines is 1. The molecule has 0 spiro atoms. The lowest BCUT2D eigenvalue weighted by molar-refractivity contribution is 0.0518. The maximum absolute atomic E-state index is 12.9. The molecule has 0 N–H and O–H groups in total. The molecule has 1 saturated heterocycles. The predicted molar refractivity (Wildman–Crippen MR) is 151 cm³/mol. The maximum Gasteiger partial charge on any atom is 0.358 e. The maximum atomic E-state index is 12.9. The number of para-hydroxylation sites is 1. The predicted octanol–water partition coefficient (Wildman–Crippen LogP) is 5.00. The highest BCUT2D eigenvalue weighted by Crippen LogP contribution is 2.28. The van der Waals surface area contributed by atoms with Gasteiger partial charge in [0.25, 0.3) is 5.91 Å². The fourth-order valence-electron chi connectivity index (χ4n) is 4.80. The van der Waals surface area contributed by atoms with Crippen molar-refractivity contribution in [3.05, 3.63) is 95.7 Å². The van der Waals surface area contributed by atoms with Gasteiger partial charge in [-0.05, 0) is 67.9 Å². The number of carbonyl (C=O) groups excluding carboxylic acids is 2. The topological polar surface area (TPSA) is 76.9 Å². The van der Waals surface area contributed by atoms with E-state index in [0.29, 0.717) is 25.3 Å². The van der Waals surface area contributed by atoms with Crippen molar-refractivity contribution in [3.8, 4) is 22.7 Å². The highest BCUT2D eigenvalue weighted by atomic mass is 16.5. The van der Waals surface area contributed by atoms with Crippen LogP contribution in [0.5, 0.6) is 5.75 Å². The second kappa shape index (κ2) is 11.4. The molecule has 0 unspecified atom stereocenters. The summed E-state index contributed by atoms with van der Waals surface area (Å²) < 4.78 is 12.2. The zero-order valence-corrected chi connectivity index (χ0v) is 22.5. The molecule has 4 aromatic rings. The van der Waals surface area contributed by atoms with Crippen molar-refractivity contribution in [1.82, 2.24) is 14.7 Å². The van der Waals surface area contributed by atoms with Crippen molar-refractivity contribution in [2.24, 2.45) is 0 Å². The monoisotopic (exact) mass is 524 g/mol. The van der Waals surface area contributed by atoms with Crippen molar-refractivity contribution in [2.75, 3.05) is 44.8 Å². The Morgan fingerprint density at radius 1 is 0.897 bits per heavy atom. The van der Waals surface area contributed by atoms with Crippen LogP contribution in [-0.4, -0.2) is 66.5 Å². The summed E-state index contributed by atoms with van der Waals surface area (Å²) in [5, 5.41) is 4.60. The van der Waals surface area contributed by atoms with Crippen LogP contribution < -0.4 is 9.64 Å². The average molecular weight is 525 g/mol. The minimum absolute atomic E-state index is 0.0366. The van der Waals surface area contributed by atoms with Gasteiger partial charge in [0.2, 0.25) is 0 Å². The Morgan fingerprint density at radius 3 is 2.23 bits per heavy atom. The number of hydrogen-bond acceptors (Lipinski definition) is 6. The Bertz CT molecular complexity index is 1450. The van der Waals surface area contributed by atoms with E-state index >= 15 is 0 Å². The molecule has 200 valence electrons. The minimum Gasteiger partial charge on any atom is -0.497 e. The fourth-order valence-corrected chi connectivity index (χ4v) is 4.80. The number of benzene rings is 3. The third-order valence-electron chi connectivity index (χ3n) is 6.97. The molecule has 1 aliphatic rings. The first-order valence-electron chi connectivity index (χ1n) is 13.1. The number of hydrogen-bond donors (Lipinski definition) is 0. The third kappa shape index (κ3) is 5.50. The molecule has 3 aromatic carbocycles. The number of ether oxygens (including phenoxy) is 2. The first kappa shape index (κ1) is 26.0. The lowest BCUT2D eigenvalue weighted by atomic mass is 10.1. The Balaban J connectivity index is 1.32. The molecule has 0 radical (unpaired) electrons. The molecule has 1 aliphatic heterocycles. The number of methoxy groups -OCH3 is 1. The van der Waals surface area contributed by atoms with E-state index in [1.807, 2.05) is 60.4 Å². The molecule has 1 aromatic heterocycles. The van der Waals surface area contributed by atoms with Gasteiger partial charge in [0.05, 0.1) is 25.1 Å². The summed E-state index contributed by atoms with van der Waals surface area (Å²) >= 11 is 0. The molecule has 1 fully saturated rings. The van der Waals surface area contributed by atoms with Crippen LogP contribution in [0.1, 0.15) is 33.3 Å². The van der Waals surface area contributed by atoms with Crippen LogP contribution in [0.25, 0.3) is 16.9 Å². The van der Waals surface area contributed by atoms with Gasteiger partial charge in [0.1, 0.15) is 5.75 Å². The largest absolute Gasteiger partial charge is 0.497 e. The van der Waals surface area contributed by atoms with Gasteiger partial charge in [-0.3, -0.25) is 4.79 Å². The molecule has 39 heavy (non-hydrogen) atoms. The van der Waals surface area contributed by atoms with Crippen molar-refractivity contribution in [1.29, 1.82) is 0 Å². The molecule has 2 heterocycles. The van der Waals surface area contributed by atoms with Gasteiger partial charge >= 0.3 is 5.97 Å². The van der Waals surface area contributed by atoms with Gasteiger partial charge in [0.15, 0.2) is 5.69 Å². The first-order valence-corrected chi connectivity index (χ1v) is 13.1. The zero-order chi connectivity index (χ0) is 27.4. The van der Waals surface area contributed by atoms with E-state index in [4.69, 9.17) is 9.47 Å². The number of carbonyl (C=O) groups is 2. The summed E-state index contributed by atoms with van der Waals surface area (Å²) in [5.41, 5.74) is 5.74. The van der Waals surface area contributed by atoms with Crippen LogP contribution in [0.4, 0.5) is 5.69 Å². The van der Waals surface area contributed by atoms with E-state index in [0.717, 1.165) is 47.0 Å². The second-order valence-corrected chi connectivity index (χ2v) is 9.39. The first-order chi connectivity index (χ1) is 19.0. The number of amides is 1. The molecule has 0 atom stereocenters. The molecule has 0 saturated carbocycles. The quantitative estimate of drug-likeness (QED) is 0.317. The molecule has 5 rings (SSSR count). The van der Waals surface area contributed by atoms with Crippen LogP contribution in [0.15, 0.2) is 78.9 Å². The normalized spacial score (nSPS) is 13.3. The summed E-state index contributed by atoms with van der Waals surface area (Å²) in [4.78, 5) is 29.6. The van der Waals surface area contributed by atoms with Crippen LogP contribution in [0.2, 0.25) is 0 Å². The van der Waals surface area contributed by atoms with Crippen molar-refractivity contribution in [3.63, 3.8) is 0 Å².